The van der Waals surface area contributed by atoms with E-state index >= 15 is 0 Å². The zero-order chi connectivity index (χ0) is 34.1. The molecule has 0 atom stereocenters. The predicted molar refractivity (Wildman–Crippen MR) is 208 cm³/mol. The molecule has 9 aromatic carbocycles. The van der Waals surface area contributed by atoms with E-state index in [0.29, 0.717) is 5.58 Å². The largest absolute Gasteiger partial charge is 0.456 e. The first-order valence-electron chi connectivity index (χ1n) is 17.7. The highest BCUT2D eigenvalue weighted by atomic mass is 16.3. The summed E-state index contributed by atoms with van der Waals surface area (Å²) in [6.45, 7) is 0. The third kappa shape index (κ3) is 4.47. The molecule has 0 saturated heterocycles. The molecular formula is C48H30O. The summed E-state index contributed by atoms with van der Waals surface area (Å²) in [7, 11) is 0. The number of rotatable bonds is 4. The molecule has 1 heteroatoms. The van der Waals surface area contributed by atoms with Gasteiger partial charge < -0.3 is 4.42 Å². The average Bonchev–Trinajstić information content (AvgIpc) is 3.59. The quantitative estimate of drug-likeness (QED) is 0.178. The van der Waals surface area contributed by atoms with Crippen molar-refractivity contribution >= 4 is 54.3 Å². The van der Waals surface area contributed by atoms with Crippen LogP contribution in [0.2, 0.25) is 0 Å². The standard InChI is InChI=1S/C48H30O/c1-2-10-31(11-3-1)32-18-22-35(23-19-32)46-39-14-6-8-16-41(39)47(42-17-9-7-15-40(42)46)36-24-20-33(21-25-36)37-26-28-43-45(30-37)49-44-29-27-34-12-4-5-13-38(34)48(43)44/h1-30H/i27D,29D. The Balaban J connectivity index is 1.09. The van der Waals surface area contributed by atoms with E-state index in [9.17, 15) is 0 Å². The lowest BCUT2D eigenvalue weighted by Crippen LogP contribution is -1.91. The van der Waals surface area contributed by atoms with Gasteiger partial charge in [0.15, 0.2) is 0 Å². The molecule has 228 valence electrons. The minimum atomic E-state index is 0.125. The second-order valence-corrected chi connectivity index (χ2v) is 12.7. The summed E-state index contributed by atoms with van der Waals surface area (Å²) in [6.07, 6.45) is 0. The van der Waals surface area contributed by atoms with Crippen molar-refractivity contribution in [1.29, 1.82) is 0 Å². The molecule has 1 aromatic heterocycles. The van der Waals surface area contributed by atoms with E-state index in [1.165, 1.54) is 49.4 Å². The lowest BCUT2D eigenvalue weighted by Gasteiger charge is -2.18. The van der Waals surface area contributed by atoms with Crippen LogP contribution in [0.25, 0.3) is 98.8 Å². The maximum absolute atomic E-state index is 8.66. The highest BCUT2D eigenvalue weighted by Gasteiger charge is 2.17. The first-order chi connectivity index (χ1) is 25.1. The Hall–Kier alpha value is -6.44. The summed E-state index contributed by atoms with van der Waals surface area (Å²) < 4.78 is 23.5. The molecule has 0 N–H and O–H groups in total. The molecule has 0 spiro atoms. The Morgan fingerprint density at radius 1 is 0.327 bits per heavy atom. The zero-order valence-corrected chi connectivity index (χ0v) is 26.6. The Bertz CT molecular complexity index is 2900. The third-order valence-corrected chi connectivity index (χ3v) is 9.92. The maximum atomic E-state index is 8.66. The molecule has 0 radical (unpaired) electrons. The number of furan rings is 1. The number of benzene rings is 9. The van der Waals surface area contributed by atoms with Crippen molar-refractivity contribution in [2.75, 3.05) is 0 Å². The van der Waals surface area contributed by atoms with Gasteiger partial charge in [0.1, 0.15) is 11.2 Å². The van der Waals surface area contributed by atoms with Gasteiger partial charge in [-0.25, -0.2) is 0 Å². The molecule has 0 fully saturated rings. The summed E-state index contributed by atoms with van der Waals surface area (Å²) in [4.78, 5) is 0. The minimum Gasteiger partial charge on any atom is -0.456 e. The Labute approximate surface area is 287 Å². The van der Waals surface area contributed by atoms with Crippen molar-refractivity contribution in [2.24, 2.45) is 0 Å². The molecule has 0 amide bonds. The topological polar surface area (TPSA) is 13.1 Å². The fourth-order valence-corrected chi connectivity index (χ4v) is 7.61. The van der Waals surface area contributed by atoms with Crippen LogP contribution < -0.4 is 0 Å². The van der Waals surface area contributed by atoms with Gasteiger partial charge >= 0.3 is 0 Å². The SMILES string of the molecule is [2H]c1c([2H])c2oc3cc(-c4ccc(-c5c6ccccc6c(-c6ccc(-c7ccccc7)cc6)c6ccccc56)cc4)ccc3c2c2ccccc12. The van der Waals surface area contributed by atoms with Crippen molar-refractivity contribution in [2.45, 2.75) is 0 Å². The van der Waals surface area contributed by atoms with Gasteiger partial charge in [0, 0.05) is 10.8 Å². The molecular weight excluding hydrogens is 593 g/mol. The van der Waals surface area contributed by atoms with Gasteiger partial charge in [-0.05, 0) is 95.0 Å². The van der Waals surface area contributed by atoms with Crippen molar-refractivity contribution < 1.29 is 7.16 Å². The summed E-state index contributed by atoms with van der Waals surface area (Å²) in [5.74, 6) is 0. The normalized spacial score (nSPS) is 12.2. The van der Waals surface area contributed by atoms with E-state index in [2.05, 4.69) is 146 Å². The van der Waals surface area contributed by atoms with E-state index in [0.717, 1.165) is 43.8 Å². The van der Waals surface area contributed by atoms with Crippen LogP contribution in [-0.4, -0.2) is 0 Å². The van der Waals surface area contributed by atoms with Crippen molar-refractivity contribution in [3.05, 3.63) is 182 Å². The van der Waals surface area contributed by atoms with Crippen molar-refractivity contribution in [3.8, 4) is 44.5 Å². The first-order valence-corrected chi connectivity index (χ1v) is 16.7. The molecule has 0 aliphatic heterocycles. The van der Waals surface area contributed by atoms with Crippen LogP contribution in [0.1, 0.15) is 2.74 Å². The number of hydrogen-bond acceptors (Lipinski definition) is 1. The van der Waals surface area contributed by atoms with Crippen LogP contribution in [0, 0.1) is 0 Å². The van der Waals surface area contributed by atoms with Gasteiger partial charge in [0.05, 0.1) is 2.74 Å². The molecule has 10 aromatic rings. The Morgan fingerprint density at radius 3 is 1.37 bits per heavy atom. The Kier molecular flexibility index (Phi) is 5.79. The van der Waals surface area contributed by atoms with Gasteiger partial charge in [-0.1, -0.05) is 164 Å². The Morgan fingerprint density at radius 2 is 0.776 bits per heavy atom. The molecule has 0 unspecified atom stereocenters. The summed E-state index contributed by atoms with van der Waals surface area (Å²) >= 11 is 0. The second-order valence-electron chi connectivity index (χ2n) is 12.7. The average molecular weight is 625 g/mol. The summed E-state index contributed by atoms with van der Waals surface area (Å²) in [6, 6.07) is 60.2. The number of hydrogen-bond donors (Lipinski definition) is 0. The maximum Gasteiger partial charge on any atom is 0.136 e. The molecule has 10 rings (SSSR count). The minimum absolute atomic E-state index is 0.125. The lowest BCUT2D eigenvalue weighted by atomic mass is 9.85. The smallest absolute Gasteiger partial charge is 0.136 e. The van der Waals surface area contributed by atoms with E-state index in [1.807, 2.05) is 24.3 Å². The van der Waals surface area contributed by atoms with E-state index in [-0.39, 0.29) is 12.1 Å². The molecule has 0 saturated carbocycles. The third-order valence-electron chi connectivity index (χ3n) is 9.92. The van der Waals surface area contributed by atoms with E-state index in [4.69, 9.17) is 7.16 Å². The van der Waals surface area contributed by atoms with Gasteiger partial charge in [-0.3, -0.25) is 0 Å². The van der Waals surface area contributed by atoms with Crippen molar-refractivity contribution in [1.82, 2.24) is 0 Å². The highest BCUT2D eigenvalue weighted by Crippen LogP contribution is 2.44. The fourth-order valence-electron chi connectivity index (χ4n) is 7.61. The van der Waals surface area contributed by atoms with Crippen LogP contribution in [-0.2, 0) is 0 Å². The highest BCUT2D eigenvalue weighted by molar-refractivity contribution is 6.22. The lowest BCUT2D eigenvalue weighted by molar-refractivity contribution is 0.669. The van der Waals surface area contributed by atoms with Gasteiger partial charge in [0.2, 0.25) is 0 Å². The summed E-state index contributed by atoms with van der Waals surface area (Å²) in [5.41, 5.74) is 10.6. The first kappa shape index (κ1) is 25.6. The van der Waals surface area contributed by atoms with Gasteiger partial charge in [-0.15, -0.1) is 0 Å². The van der Waals surface area contributed by atoms with Gasteiger partial charge in [0.25, 0.3) is 0 Å². The molecule has 0 aliphatic carbocycles. The van der Waals surface area contributed by atoms with Crippen LogP contribution in [0.15, 0.2) is 186 Å². The monoisotopic (exact) mass is 624 g/mol. The molecule has 49 heavy (non-hydrogen) atoms. The van der Waals surface area contributed by atoms with Crippen LogP contribution in [0.3, 0.4) is 0 Å². The molecule has 1 nitrogen and oxygen atoms in total. The molecule has 1 heterocycles. The second kappa shape index (κ2) is 11.1. The zero-order valence-electron chi connectivity index (χ0n) is 28.6. The van der Waals surface area contributed by atoms with Crippen LogP contribution >= 0.6 is 0 Å². The van der Waals surface area contributed by atoms with Crippen LogP contribution in [0.4, 0.5) is 0 Å². The van der Waals surface area contributed by atoms with E-state index < -0.39 is 0 Å². The van der Waals surface area contributed by atoms with Gasteiger partial charge in [-0.2, -0.15) is 0 Å². The number of fused-ring (bicyclic) bond motifs is 7. The van der Waals surface area contributed by atoms with Crippen molar-refractivity contribution in [3.63, 3.8) is 0 Å². The summed E-state index contributed by atoms with van der Waals surface area (Å²) in [5, 5.41) is 8.49. The molecule has 0 aliphatic rings. The fraction of sp³-hybridized carbons (Fsp3) is 0. The molecule has 0 bridgehead atoms. The predicted octanol–water partition coefficient (Wildman–Crippen LogP) is 13.7. The van der Waals surface area contributed by atoms with Crippen LogP contribution in [0.5, 0.6) is 0 Å². The van der Waals surface area contributed by atoms with E-state index in [1.54, 1.807) is 0 Å².